The van der Waals surface area contributed by atoms with Crippen LogP contribution in [0, 0.1) is 70.4 Å². The van der Waals surface area contributed by atoms with E-state index in [0.29, 0.717) is 128 Å². The molecule has 0 bridgehead atoms. The minimum Gasteiger partial charge on any atom is -0.464 e. The van der Waals surface area contributed by atoms with Gasteiger partial charge in [-0.2, -0.15) is 0 Å². The molecule has 0 aromatic carbocycles. The highest BCUT2D eigenvalue weighted by Gasteiger charge is 2.47. The van der Waals surface area contributed by atoms with Crippen LogP contribution >= 0.6 is 78.5 Å². The highest BCUT2D eigenvalue weighted by atomic mass is 31.1. The first-order chi connectivity index (χ1) is 66.6. The molecule has 0 aromatic rings. The summed E-state index contributed by atoms with van der Waals surface area (Å²) in [6, 6.07) is 0. The summed E-state index contributed by atoms with van der Waals surface area (Å²) in [6.07, 6.45) is 4.37. The van der Waals surface area contributed by atoms with Gasteiger partial charge in [-0.15, -0.1) is 78.5 Å². The van der Waals surface area contributed by atoms with Gasteiger partial charge >= 0.3 is 53.7 Å². The Hall–Kier alpha value is -4.85. The Labute approximate surface area is 868 Å². The number of esters is 9. The van der Waals surface area contributed by atoms with Crippen molar-refractivity contribution >= 4 is 174 Å². The zero-order valence-electron chi connectivity index (χ0n) is 90.2. The second-order valence-electron chi connectivity index (χ2n) is 42.6. The quantitative estimate of drug-likeness (QED) is 0.0129. The van der Waals surface area contributed by atoms with E-state index in [1.165, 1.54) is 0 Å². The summed E-state index contributed by atoms with van der Waals surface area (Å²) in [4.78, 5) is 221. The van der Waals surface area contributed by atoms with Crippen LogP contribution in [-0.4, -0.2) is 375 Å². The third-order valence-corrected chi connectivity index (χ3v) is 32.3. The van der Waals surface area contributed by atoms with Gasteiger partial charge in [0, 0.05) is 83.5 Å². The number of rotatable bonds is 82. The van der Waals surface area contributed by atoms with Gasteiger partial charge in [0.2, 0.25) is 41.4 Å². The summed E-state index contributed by atoms with van der Waals surface area (Å²) in [5, 5.41) is 19.2. The molecule has 0 aromatic heterocycles. The minimum absolute atomic E-state index is 0.0118. The normalized spacial score (nSPS) is 14.5. The van der Waals surface area contributed by atoms with Gasteiger partial charge in [0.05, 0.1) is 111 Å². The molecule has 0 rings (SSSR count). The number of nitrogens with two attached hydrogens (primary N) is 1. The van der Waals surface area contributed by atoms with Gasteiger partial charge in [0.25, 0.3) is 0 Å². The number of nitrogens with one attached hydrogen (secondary N) is 7. The van der Waals surface area contributed by atoms with E-state index in [2.05, 4.69) is 55.7 Å². The van der Waals surface area contributed by atoms with Gasteiger partial charge in [-0.3, -0.25) is 76.7 Å². The van der Waals surface area contributed by atoms with E-state index in [4.69, 9.17) is 72.0 Å². The van der Waals surface area contributed by atoms with Crippen LogP contribution in [0.3, 0.4) is 0 Å². The van der Waals surface area contributed by atoms with Crippen molar-refractivity contribution in [3.05, 3.63) is 0 Å². The van der Waals surface area contributed by atoms with E-state index in [9.17, 15) is 76.7 Å². The average Bonchev–Trinajstić information content (AvgIpc) is 0.829. The average molecular weight is 2200 g/mol. The zero-order valence-corrected chi connectivity index (χ0v) is 99.5. The lowest BCUT2D eigenvalue weighted by molar-refractivity contribution is -0.179. The Morgan fingerprint density at radius 2 is 0.434 bits per heavy atom. The number of carbonyl (C=O) groups is 16. The van der Waals surface area contributed by atoms with Crippen molar-refractivity contribution in [2.24, 2.45) is 76.1 Å². The molecule has 9 unspecified atom stereocenters. The molecule has 0 heterocycles. The predicted molar refractivity (Wildman–Crippen MR) is 577 cm³/mol. The lowest BCUT2D eigenvalue weighted by Crippen LogP contribution is -2.54. The molecular weight excluding hydrogens is 2020 g/mol. The van der Waals surface area contributed by atoms with E-state index >= 15 is 0 Å². The molecule has 0 aliphatic carbocycles. The molecule has 0 radical (unpaired) electrons. The van der Waals surface area contributed by atoms with Gasteiger partial charge in [-0.1, -0.05) is 0 Å². The smallest absolute Gasteiger partial charge is 0.311 e. The van der Waals surface area contributed by atoms with Gasteiger partial charge in [-0.05, 0) is 240 Å². The molecule has 143 heavy (non-hydrogen) atoms. The van der Waals surface area contributed by atoms with Gasteiger partial charge in [0.15, 0.2) is 0 Å². The summed E-state index contributed by atoms with van der Waals surface area (Å²) in [5.41, 5.74) is -8.96. The minimum atomic E-state index is -1.54. The van der Waals surface area contributed by atoms with E-state index in [1.807, 2.05) is 46.7 Å². The molecule has 0 fully saturated rings. The molecule has 38 nitrogen and oxygen atoms in total. The van der Waals surface area contributed by atoms with Crippen molar-refractivity contribution in [2.75, 3.05) is 280 Å². The number of hydrogen-bond acceptors (Lipinski definition) is 31. The summed E-state index contributed by atoms with van der Waals surface area (Å²) in [5.74, 6) is -9.64. The van der Waals surface area contributed by atoms with E-state index < -0.39 is 259 Å². The Morgan fingerprint density at radius 1 is 0.231 bits per heavy atom. The summed E-state index contributed by atoms with van der Waals surface area (Å²) >= 11 is 0. The molecule has 9 atom stereocenters. The fraction of sp³-hybridized carbons (Fsp3) is 0.833. The largest absolute Gasteiger partial charge is 0.464 e. The molecular formula is C96H179N8O30P9. The maximum absolute atomic E-state index is 14.2. The Bertz CT molecular complexity index is 3340. The Morgan fingerprint density at radius 3 is 0.643 bits per heavy atom. The van der Waals surface area contributed by atoms with Crippen LogP contribution < -0.4 is 43.0 Å². The lowest BCUT2D eigenvalue weighted by atomic mass is 9.88. The fourth-order valence-corrected chi connectivity index (χ4v) is 22.3. The molecule has 0 spiro atoms. The van der Waals surface area contributed by atoms with Crippen LogP contribution in [0.25, 0.3) is 0 Å². The SMILES string of the molecule is CPCC(C)(C)C(=O)OCC(COCC(=O)NCCC(=O)NCC(CNC(=O)CCNC(=O)COCC(COC(=O)C(C)(C)CCP)(COC(=O)C(C)(C)CPC)COC(=O)C(C)(C)CPC)(CNC(=O)CCNC(=O)COCC(COC(=O)C(C)(C)CPC)(COC(=O)C(C)(C)CPC)COC(=O)C(C)(C)CPC)COCCNC(=O)CCOCCN)(COC(=O)C(C)(C)CCP)COC(=O)C(C)(C)CPC. The van der Waals surface area contributed by atoms with Crippen LogP contribution in [0.4, 0.5) is 0 Å². The van der Waals surface area contributed by atoms with Crippen molar-refractivity contribution in [1.29, 1.82) is 0 Å². The first-order valence-corrected chi connectivity index (χ1v) is 62.2. The number of hydrogen-bond donors (Lipinski definition) is 8. The highest BCUT2D eigenvalue weighted by molar-refractivity contribution is 7.38. The maximum atomic E-state index is 14.2. The number of carbonyl (C=O) groups excluding carboxylic acids is 16. The van der Waals surface area contributed by atoms with E-state index in [-0.39, 0.29) is 110 Å². The summed E-state index contributed by atoms with van der Waals surface area (Å²) < 4.78 is 83.4. The van der Waals surface area contributed by atoms with Crippen molar-refractivity contribution < 1.29 is 143 Å². The first kappa shape index (κ1) is 138. The van der Waals surface area contributed by atoms with Crippen LogP contribution in [-0.2, 0) is 143 Å². The standard InChI is InChI=1S/C96H179N8O30P9/c1-84(2,30-40-135)75(112)126-52-94(54-128-77(114)86(5,6)61-137-19,55-129-78(115)87(7,8)62-138-20)49-123-42-72(109)98-33-26-68(105)102-45-93(48-122-39-36-101-71(108)29-37-121-38-32-97,46-103-69(106)27-34-99-73(110)43-124-50-95(53-127-76(113)85(3,4)31-41-136,56-130-79(116)88(9,10)63-139-21)57-131-80(117)89(11,12)64-140-22)47-104-70(107)28-35-100-74(111)44-125-51-96(58-132-81(118)90(13,14)65-141-23,59-133-82(119)91(15,16)66-142-24)60-134-83(120)92(17,18)67-143-25/h137-143H,26-67,97,135-136H2,1-25H3,(H,98,109)(H,99,110)(H,100,111)(H,101,108)(H,102,105)(H,103,106)(H,104,107). The Kier molecular flexibility index (Phi) is 67.2. The topological polar surface area (TPSA) is 513 Å². The first-order valence-electron chi connectivity index (χ1n) is 48.6. The van der Waals surface area contributed by atoms with Gasteiger partial charge in [0.1, 0.15) is 79.3 Å². The number of ether oxygens (including phenoxy) is 14. The van der Waals surface area contributed by atoms with Crippen LogP contribution in [0.15, 0.2) is 0 Å². The molecule has 9 N–H and O–H groups in total. The second kappa shape index (κ2) is 69.6. The lowest BCUT2D eigenvalue weighted by Gasteiger charge is -2.35. The second-order valence-corrected chi connectivity index (χ2v) is 51.2. The molecule has 0 saturated heterocycles. The maximum Gasteiger partial charge on any atom is 0.311 e. The number of amides is 7. The summed E-state index contributed by atoms with van der Waals surface area (Å²) in [6.45, 7) is 35.6. The molecule has 0 aliphatic heterocycles. The fourth-order valence-electron chi connectivity index (χ4n) is 13.6. The van der Waals surface area contributed by atoms with Crippen LogP contribution in [0.5, 0.6) is 0 Å². The van der Waals surface area contributed by atoms with Crippen LogP contribution in [0.2, 0.25) is 0 Å². The third kappa shape index (κ3) is 56.2. The van der Waals surface area contributed by atoms with Gasteiger partial charge in [-0.25, -0.2) is 0 Å². The predicted octanol–water partition coefficient (Wildman–Crippen LogP) is 7.16. The molecule has 7 amide bonds. The van der Waals surface area contributed by atoms with Gasteiger partial charge < -0.3 is 109 Å². The van der Waals surface area contributed by atoms with Crippen molar-refractivity contribution in [3.8, 4) is 0 Å². The van der Waals surface area contributed by atoms with E-state index in [1.54, 1.807) is 125 Å². The molecule has 47 heteroatoms. The van der Waals surface area contributed by atoms with Crippen molar-refractivity contribution in [2.45, 2.75) is 163 Å². The van der Waals surface area contributed by atoms with E-state index in [0.717, 1.165) is 0 Å². The van der Waals surface area contributed by atoms with Crippen LogP contribution in [0.1, 0.15) is 163 Å². The monoisotopic (exact) mass is 2200 g/mol. The highest BCUT2D eigenvalue weighted by Crippen LogP contribution is 2.38. The van der Waals surface area contributed by atoms with Crippen molar-refractivity contribution in [3.63, 3.8) is 0 Å². The Balaban J connectivity index is 7.96. The zero-order chi connectivity index (χ0) is 109. The molecule has 828 valence electrons. The van der Waals surface area contributed by atoms with Crippen molar-refractivity contribution in [1.82, 2.24) is 37.2 Å². The third-order valence-electron chi connectivity index (χ3n) is 23.1. The molecule has 0 saturated carbocycles. The summed E-state index contributed by atoms with van der Waals surface area (Å²) in [7, 11) is 7.94. The molecule has 0 aliphatic rings.